The van der Waals surface area contributed by atoms with Crippen molar-refractivity contribution < 1.29 is 13.2 Å². The molecule has 2 aromatic carbocycles. The predicted molar refractivity (Wildman–Crippen MR) is 85.7 cm³/mol. The molecule has 0 fully saturated rings. The van der Waals surface area contributed by atoms with Gasteiger partial charge in [0.15, 0.2) is 0 Å². The Hall–Kier alpha value is -2.05. The van der Waals surface area contributed by atoms with Crippen molar-refractivity contribution in [1.29, 1.82) is 0 Å². The maximum absolute atomic E-state index is 12.4. The van der Waals surface area contributed by atoms with Gasteiger partial charge >= 0.3 is 0 Å². The van der Waals surface area contributed by atoms with Crippen LogP contribution in [0.5, 0.6) is 5.75 Å². The minimum absolute atomic E-state index is 0.196. The van der Waals surface area contributed by atoms with E-state index in [4.69, 9.17) is 4.74 Å². The molecule has 0 bridgehead atoms. The van der Waals surface area contributed by atoms with Gasteiger partial charge in [-0.3, -0.25) is 0 Å². The summed E-state index contributed by atoms with van der Waals surface area (Å²) in [6, 6.07) is 12.5. The van der Waals surface area contributed by atoms with Crippen LogP contribution in [-0.2, 0) is 23.0 Å². The van der Waals surface area contributed by atoms with E-state index in [1.165, 1.54) is 0 Å². The van der Waals surface area contributed by atoms with Crippen LogP contribution in [0.2, 0.25) is 0 Å². The van der Waals surface area contributed by atoms with Crippen LogP contribution in [0.4, 0.5) is 5.69 Å². The van der Waals surface area contributed by atoms with E-state index in [1.54, 1.807) is 19.2 Å². The summed E-state index contributed by atoms with van der Waals surface area (Å²) in [6.45, 7) is 1.05. The Morgan fingerprint density at radius 3 is 2.86 bits per heavy atom. The summed E-state index contributed by atoms with van der Waals surface area (Å²) in [5, 5.41) is 3.22. The van der Waals surface area contributed by atoms with Crippen LogP contribution in [-0.4, -0.2) is 22.1 Å². The first kappa shape index (κ1) is 14.9. The fraction of sp³-hybridized carbons (Fsp3) is 0.250. The number of anilines is 1. The van der Waals surface area contributed by atoms with E-state index in [0.29, 0.717) is 10.6 Å². The first-order valence-corrected chi connectivity index (χ1v) is 8.57. The van der Waals surface area contributed by atoms with E-state index >= 15 is 0 Å². The highest BCUT2D eigenvalue weighted by Crippen LogP contribution is 2.25. The molecule has 6 heteroatoms. The van der Waals surface area contributed by atoms with Gasteiger partial charge in [0.05, 0.1) is 12.0 Å². The molecule has 0 radical (unpaired) electrons. The Bertz CT molecular complexity index is 788. The molecule has 1 heterocycles. The summed E-state index contributed by atoms with van der Waals surface area (Å²) in [5.41, 5.74) is 2.86. The molecule has 116 valence electrons. The smallest absolute Gasteiger partial charge is 0.240 e. The fourth-order valence-corrected chi connectivity index (χ4v) is 3.61. The van der Waals surface area contributed by atoms with E-state index < -0.39 is 10.0 Å². The zero-order valence-corrected chi connectivity index (χ0v) is 13.1. The molecule has 1 aliphatic rings. The Balaban J connectivity index is 1.79. The first-order valence-electron chi connectivity index (χ1n) is 7.08. The Labute approximate surface area is 130 Å². The average molecular weight is 318 g/mol. The number of benzene rings is 2. The van der Waals surface area contributed by atoms with E-state index in [1.807, 2.05) is 30.3 Å². The molecule has 2 aromatic rings. The van der Waals surface area contributed by atoms with E-state index in [-0.39, 0.29) is 6.54 Å². The third-order valence-corrected chi connectivity index (χ3v) is 5.14. The van der Waals surface area contributed by atoms with Gasteiger partial charge in [-0.1, -0.05) is 18.2 Å². The number of hydrogen-bond donors (Lipinski definition) is 2. The molecule has 0 saturated carbocycles. The molecule has 0 aliphatic carbocycles. The van der Waals surface area contributed by atoms with Crippen molar-refractivity contribution in [3.8, 4) is 5.75 Å². The first-order chi connectivity index (χ1) is 10.6. The van der Waals surface area contributed by atoms with Crippen molar-refractivity contribution in [2.24, 2.45) is 0 Å². The standard InChI is InChI=1S/C16H18N2O3S/c1-21-16-5-3-2-4-13(16)11-18-22(19,20)14-6-7-15-12(10-14)8-9-17-15/h2-7,10,17-18H,8-9,11H2,1H3. The maximum Gasteiger partial charge on any atom is 0.240 e. The largest absolute Gasteiger partial charge is 0.496 e. The van der Waals surface area contributed by atoms with Gasteiger partial charge in [0.1, 0.15) is 5.75 Å². The number of rotatable bonds is 5. The second-order valence-corrected chi connectivity index (χ2v) is 6.90. The quantitative estimate of drug-likeness (QED) is 0.886. The zero-order valence-electron chi connectivity index (χ0n) is 12.3. The highest BCUT2D eigenvalue weighted by molar-refractivity contribution is 7.89. The highest BCUT2D eigenvalue weighted by atomic mass is 32.2. The average Bonchev–Trinajstić information content (AvgIpc) is 3.01. The van der Waals surface area contributed by atoms with E-state index in [0.717, 1.165) is 29.8 Å². The summed E-state index contributed by atoms with van der Waals surface area (Å²) in [7, 11) is -1.97. The second kappa shape index (κ2) is 5.98. The van der Waals surface area contributed by atoms with Crippen LogP contribution < -0.4 is 14.8 Å². The van der Waals surface area contributed by atoms with Gasteiger partial charge in [0, 0.05) is 24.3 Å². The van der Waals surface area contributed by atoms with Crippen LogP contribution >= 0.6 is 0 Å². The lowest BCUT2D eigenvalue weighted by Gasteiger charge is -2.11. The summed E-state index contributed by atoms with van der Waals surface area (Å²) in [5.74, 6) is 0.670. The van der Waals surface area contributed by atoms with E-state index in [2.05, 4.69) is 10.0 Å². The SMILES string of the molecule is COc1ccccc1CNS(=O)(=O)c1ccc2c(c1)CCN2. The lowest BCUT2D eigenvalue weighted by atomic mass is 10.2. The van der Waals surface area contributed by atoms with Gasteiger partial charge in [-0.2, -0.15) is 0 Å². The Morgan fingerprint density at radius 1 is 1.23 bits per heavy atom. The normalized spacial score (nSPS) is 13.5. The van der Waals surface area contributed by atoms with Crippen molar-refractivity contribution in [3.63, 3.8) is 0 Å². The van der Waals surface area contributed by atoms with Gasteiger partial charge in [-0.05, 0) is 36.2 Å². The summed E-state index contributed by atoms with van der Waals surface area (Å²) < 4.78 is 32.7. The van der Waals surface area contributed by atoms with Crippen LogP contribution in [0.3, 0.4) is 0 Å². The molecule has 5 nitrogen and oxygen atoms in total. The Kier molecular flexibility index (Phi) is 4.04. The van der Waals surface area contributed by atoms with Crippen molar-refractivity contribution in [1.82, 2.24) is 4.72 Å². The molecular formula is C16H18N2O3S. The monoisotopic (exact) mass is 318 g/mol. The molecule has 2 N–H and O–H groups in total. The third-order valence-electron chi connectivity index (χ3n) is 3.74. The highest BCUT2D eigenvalue weighted by Gasteiger charge is 2.18. The molecule has 0 atom stereocenters. The van der Waals surface area contributed by atoms with Gasteiger partial charge in [0.25, 0.3) is 0 Å². The van der Waals surface area contributed by atoms with Crippen molar-refractivity contribution in [2.45, 2.75) is 17.9 Å². The summed E-state index contributed by atoms with van der Waals surface area (Å²) >= 11 is 0. The number of nitrogens with one attached hydrogen (secondary N) is 2. The van der Waals surface area contributed by atoms with Crippen LogP contribution in [0.1, 0.15) is 11.1 Å². The Morgan fingerprint density at radius 2 is 2.05 bits per heavy atom. The van der Waals surface area contributed by atoms with Crippen molar-refractivity contribution in [2.75, 3.05) is 19.0 Å². The minimum Gasteiger partial charge on any atom is -0.496 e. The minimum atomic E-state index is -3.54. The molecule has 22 heavy (non-hydrogen) atoms. The number of methoxy groups -OCH3 is 1. The fourth-order valence-electron chi connectivity index (χ4n) is 2.55. The lowest BCUT2D eigenvalue weighted by molar-refractivity contribution is 0.409. The predicted octanol–water partition coefficient (Wildman–Crippen LogP) is 2.14. The van der Waals surface area contributed by atoms with Crippen molar-refractivity contribution >= 4 is 15.7 Å². The molecule has 0 unspecified atom stereocenters. The van der Waals surface area contributed by atoms with Gasteiger partial charge in [-0.15, -0.1) is 0 Å². The van der Waals surface area contributed by atoms with Crippen LogP contribution in [0.25, 0.3) is 0 Å². The number of sulfonamides is 1. The lowest BCUT2D eigenvalue weighted by Crippen LogP contribution is -2.23. The van der Waals surface area contributed by atoms with Gasteiger partial charge in [-0.25, -0.2) is 13.1 Å². The molecule has 0 saturated heterocycles. The molecule has 0 spiro atoms. The van der Waals surface area contributed by atoms with Gasteiger partial charge < -0.3 is 10.1 Å². The van der Waals surface area contributed by atoms with Crippen LogP contribution in [0, 0.1) is 0 Å². The third kappa shape index (κ3) is 2.93. The number of ether oxygens (including phenoxy) is 1. The summed E-state index contributed by atoms with van der Waals surface area (Å²) in [6.07, 6.45) is 0.852. The maximum atomic E-state index is 12.4. The molecule has 3 rings (SSSR count). The number of hydrogen-bond acceptors (Lipinski definition) is 4. The zero-order chi connectivity index (χ0) is 15.6. The number of fused-ring (bicyclic) bond motifs is 1. The van der Waals surface area contributed by atoms with Crippen molar-refractivity contribution in [3.05, 3.63) is 53.6 Å². The molecule has 0 aromatic heterocycles. The van der Waals surface area contributed by atoms with Gasteiger partial charge in [0.2, 0.25) is 10.0 Å². The van der Waals surface area contributed by atoms with E-state index in [9.17, 15) is 8.42 Å². The molecule has 0 amide bonds. The summed E-state index contributed by atoms with van der Waals surface area (Å²) in [4.78, 5) is 0.296. The van der Waals surface area contributed by atoms with Crippen LogP contribution in [0.15, 0.2) is 47.4 Å². The molecular weight excluding hydrogens is 300 g/mol. The number of para-hydroxylation sites is 1. The topological polar surface area (TPSA) is 67.4 Å². The second-order valence-electron chi connectivity index (χ2n) is 5.13. The molecule has 1 aliphatic heterocycles.